The van der Waals surface area contributed by atoms with Crippen LogP contribution in [0.5, 0.6) is 0 Å². The van der Waals surface area contributed by atoms with Crippen LogP contribution in [0.25, 0.3) is 0 Å². The average molecular weight is 245 g/mol. The van der Waals surface area contributed by atoms with Gasteiger partial charge in [-0.05, 0) is 25.3 Å². The molecule has 1 heterocycles. The number of nitrogens with zero attached hydrogens (tertiary/aromatic N) is 1. The molecule has 1 amide bonds. The Morgan fingerprint density at radius 3 is 2.39 bits per heavy atom. The van der Waals surface area contributed by atoms with Gasteiger partial charge in [-0.15, -0.1) is 0 Å². The lowest BCUT2D eigenvalue weighted by Gasteiger charge is -2.20. The third kappa shape index (κ3) is 3.46. The molecule has 0 aliphatic carbocycles. The van der Waals surface area contributed by atoms with Crippen LogP contribution >= 0.6 is 0 Å². The van der Waals surface area contributed by atoms with Crippen LogP contribution in [-0.4, -0.2) is 23.4 Å². The Morgan fingerprint density at radius 1 is 1.22 bits per heavy atom. The second-order valence-electron chi connectivity index (χ2n) is 5.16. The van der Waals surface area contributed by atoms with E-state index in [4.69, 9.17) is 0 Å². The van der Waals surface area contributed by atoms with E-state index in [0.29, 0.717) is 12.5 Å². The van der Waals surface area contributed by atoms with E-state index in [-0.39, 0.29) is 11.9 Å². The van der Waals surface area contributed by atoms with Gasteiger partial charge in [0.25, 0.3) is 5.91 Å². The van der Waals surface area contributed by atoms with Gasteiger partial charge in [0.15, 0.2) is 0 Å². The maximum atomic E-state index is 12.3. The van der Waals surface area contributed by atoms with Gasteiger partial charge in [0.1, 0.15) is 0 Å². The van der Waals surface area contributed by atoms with E-state index < -0.39 is 0 Å². The van der Waals surface area contributed by atoms with Crippen molar-refractivity contribution in [1.82, 2.24) is 4.90 Å². The van der Waals surface area contributed by atoms with E-state index in [1.165, 1.54) is 0 Å². The quantitative estimate of drug-likeness (QED) is 0.679. The van der Waals surface area contributed by atoms with Crippen molar-refractivity contribution in [3.8, 4) is 0 Å². The summed E-state index contributed by atoms with van der Waals surface area (Å²) in [7, 11) is 0. The molecular formula is C16H23NO. The summed E-state index contributed by atoms with van der Waals surface area (Å²) < 4.78 is 0. The highest BCUT2D eigenvalue weighted by molar-refractivity contribution is 6.00. The summed E-state index contributed by atoms with van der Waals surface area (Å²) >= 11 is 0. The van der Waals surface area contributed by atoms with Crippen molar-refractivity contribution in [2.45, 2.75) is 33.7 Å². The van der Waals surface area contributed by atoms with Crippen LogP contribution in [0.4, 0.5) is 0 Å². The first-order chi connectivity index (χ1) is 8.47. The van der Waals surface area contributed by atoms with E-state index in [2.05, 4.69) is 26.5 Å². The standard InChI is InChI=1S/C16H23NO/c1-6-7-8-14-11-17(13(4)5)16(18)15(14)10-9-12(2)3/h6-10,12-13H,1,11H2,2-5H3/b8-7-,10-9+. The number of carbonyl (C=O) groups is 1. The van der Waals surface area contributed by atoms with Gasteiger partial charge < -0.3 is 4.90 Å². The van der Waals surface area contributed by atoms with E-state index in [1.54, 1.807) is 6.08 Å². The van der Waals surface area contributed by atoms with Crippen molar-refractivity contribution in [2.75, 3.05) is 6.54 Å². The van der Waals surface area contributed by atoms with E-state index >= 15 is 0 Å². The fraction of sp³-hybridized carbons (Fsp3) is 0.438. The van der Waals surface area contributed by atoms with Crippen molar-refractivity contribution in [3.05, 3.63) is 48.1 Å². The Kier molecular flexibility index (Phi) is 5.14. The van der Waals surface area contributed by atoms with Crippen LogP contribution in [-0.2, 0) is 4.79 Å². The summed E-state index contributed by atoms with van der Waals surface area (Å²) in [5, 5.41) is 0. The predicted octanol–water partition coefficient (Wildman–Crippen LogP) is 3.49. The fourth-order valence-electron chi connectivity index (χ4n) is 1.84. The Bertz CT molecular complexity index is 411. The largest absolute Gasteiger partial charge is 0.332 e. The van der Waals surface area contributed by atoms with Gasteiger partial charge in [0.2, 0.25) is 0 Å². The number of amides is 1. The van der Waals surface area contributed by atoms with Crippen LogP contribution in [0.1, 0.15) is 27.7 Å². The van der Waals surface area contributed by atoms with Gasteiger partial charge in [0, 0.05) is 18.2 Å². The maximum absolute atomic E-state index is 12.3. The minimum atomic E-state index is 0.130. The third-order valence-corrected chi connectivity index (χ3v) is 2.88. The molecule has 1 rings (SSSR count). The molecule has 0 spiro atoms. The molecule has 1 aliphatic rings. The van der Waals surface area contributed by atoms with Crippen LogP contribution in [0.2, 0.25) is 0 Å². The highest BCUT2D eigenvalue weighted by atomic mass is 16.2. The molecule has 0 aromatic carbocycles. The first-order valence-corrected chi connectivity index (χ1v) is 6.48. The molecule has 0 saturated carbocycles. The molecule has 0 bridgehead atoms. The molecule has 1 aliphatic heterocycles. The van der Waals surface area contributed by atoms with Crippen LogP contribution in [0.3, 0.4) is 0 Å². The topological polar surface area (TPSA) is 20.3 Å². The molecule has 0 radical (unpaired) electrons. The molecule has 0 N–H and O–H groups in total. The minimum absolute atomic E-state index is 0.130. The third-order valence-electron chi connectivity index (χ3n) is 2.88. The second kappa shape index (κ2) is 6.39. The Hall–Kier alpha value is -1.57. The van der Waals surface area contributed by atoms with Gasteiger partial charge in [-0.25, -0.2) is 0 Å². The Labute approximate surface area is 110 Å². The van der Waals surface area contributed by atoms with E-state index in [1.807, 2.05) is 37.0 Å². The highest BCUT2D eigenvalue weighted by Crippen LogP contribution is 2.23. The summed E-state index contributed by atoms with van der Waals surface area (Å²) in [6.45, 7) is 12.7. The molecule has 0 aromatic rings. The van der Waals surface area contributed by atoms with Gasteiger partial charge in [-0.3, -0.25) is 4.79 Å². The van der Waals surface area contributed by atoms with Crippen LogP contribution < -0.4 is 0 Å². The van der Waals surface area contributed by atoms with Crippen LogP contribution in [0.15, 0.2) is 48.1 Å². The molecule has 18 heavy (non-hydrogen) atoms. The van der Waals surface area contributed by atoms with Crippen molar-refractivity contribution < 1.29 is 4.79 Å². The van der Waals surface area contributed by atoms with Crippen molar-refractivity contribution >= 4 is 5.91 Å². The van der Waals surface area contributed by atoms with Crippen molar-refractivity contribution in [1.29, 1.82) is 0 Å². The number of hydrogen-bond acceptors (Lipinski definition) is 1. The summed E-state index contributed by atoms with van der Waals surface area (Å²) in [5.41, 5.74) is 1.89. The second-order valence-corrected chi connectivity index (χ2v) is 5.16. The zero-order chi connectivity index (χ0) is 13.7. The zero-order valence-corrected chi connectivity index (χ0v) is 11.8. The summed E-state index contributed by atoms with van der Waals surface area (Å²) in [5.74, 6) is 0.577. The van der Waals surface area contributed by atoms with Crippen LogP contribution in [0, 0.1) is 5.92 Å². The monoisotopic (exact) mass is 245 g/mol. The average Bonchev–Trinajstić information content (AvgIpc) is 2.60. The molecule has 0 aromatic heterocycles. The molecular weight excluding hydrogens is 222 g/mol. The summed E-state index contributed by atoms with van der Waals surface area (Å²) in [4.78, 5) is 14.2. The van der Waals surface area contributed by atoms with Gasteiger partial charge in [-0.2, -0.15) is 0 Å². The first-order valence-electron chi connectivity index (χ1n) is 6.48. The molecule has 0 atom stereocenters. The smallest absolute Gasteiger partial charge is 0.254 e. The van der Waals surface area contributed by atoms with Gasteiger partial charge in [-0.1, -0.05) is 50.8 Å². The lowest BCUT2D eigenvalue weighted by Crippen LogP contribution is -2.33. The summed E-state index contributed by atoms with van der Waals surface area (Å²) in [6.07, 6.45) is 9.62. The van der Waals surface area contributed by atoms with E-state index in [0.717, 1.165) is 11.1 Å². The molecule has 2 nitrogen and oxygen atoms in total. The van der Waals surface area contributed by atoms with Crippen molar-refractivity contribution in [3.63, 3.8) is 0 Å². The lowest BCUT2D eigenvalue weighted by molar-refractivity contribution is -0.126. The molecule has 0 saturated heterocycles. The SMILES string of the molecule is C=C/C=C\C1=C(/C=C/C(C)C)C(=O)N(C(C)C)C1. The lowest BCUT2D eigenvalue weighted by atomic mass is 10.1. The number of hydrogen-bond donors (Lipinski definition) is 0. The predicted molar refractivity (Wildman–Crippen MR) is 77.2 cm³/mol. The Morgan fingerprint density at radius 2 is 1.89 bits per heavy atom. The molecule has 0 fully saturated rings. The fourth-order valence-corrected chi connectivity index (χ4v) is 1.84. The number of allylic oxidation sites excluding steroid dienone is 3. The maximum Gasteiger partial charge on any atom is 0.254 e. The molecule has 0 unspecified atom stereocenters. The summed E-state index contributed by atoms with van der Waals surface area (Å²) in [6, 6.07) is 0.231. The number of carbonyl (C=O) groups excluding carboxylic acids is 1. The van der Waals surface area contributed by atoms with Crippen molar-refractivity contribution in [2.24, 2.45) is 5.92 Å². The highest BCUT2D eigenvalue weighted by Gasteiger charge is 2.28. The van der Waals surface area contributed by atoms with Gasteiger partial charge in [0.05, 0.1) is 0 Å². The van der Waals surface area contributed by atoms with Gasteiger partial charge >= 0.3 is 0 Å². The first kappa shape index (κ1) is 14.5. The molecule has 2 heteroatoms. The minimum Gasteiger partial charge on any atom is -0.332 e. The molecule has 98 valence electrons. The zero-order valence-electron chi connectivity index (χ0n) is 11.8. The number of rotatable bonds is 5. The normalized spacial score (nSPS) is 17.2. The Balaban J connectivity index is 3.04. The van der Waals surface area contributed by atoms with E-state index in [9.17, 15) is 4.79 Å².